The maximum Gasteiger partial charge on any atom is 0.265 e. The number of piperidine rings is 1. The van der Waals surface area contributed by atoms with Gasteiger partial charge in [-0.1, -0.05) is 28.9 Å². The summed E-state index contributed by atoms with van der Waals surface area (Å²) in [6, 6.07) is 6.11. The molecule has 2 heterocycles. The van der Waals surface area contributed by atoms with Crippen LogP contribution in [0, 0.1) is 6.92 Å². The van der Waals surface area contributed by atoms with E-state index < -0.39 is 15.7 Å². The summed E-state index contributed by atoms with van der Waals surface area (Å²) in [5.74, 6) is 0.122. The Morgan fingerprint density at radius 1 is 1.39 bits per heavy atom. The van der Waals surface area contributed by atoms with Gasteiger partial charge in [0.15, 0.2) is 5.82 Å². The molecule has 1 aromatic carbocycles. The summed E-state index contributed by atoms with van der Waals surface area (Å²) in [6.07, 6.45) is 0.477. The minimum absolute atomic E-state index is 0.0346. The summed E-state index contributed by atoms with van der Waals surface area (Å²) in [6.45, 7) is 1.42. The lowest BCUT2D eigenvalue weighted by molar-refractivity contribution is 0.0470. The Morgan fingerprint density at radius 3 is 2.78 bits per heavy atom. The zero-order valence-electron chi connectivity index (χ0n) is 12.4. The average Bonchev–Trinajstić information content (AvgIpc) is 2.95. The quantitative estimate of drug-likeness (QED) is 0.842. The second-order valence-electron chi connectivity index (χ2n) is 5.48. The lowest BCUT2D eigenvalue weighted by Crippen LogP contribution is -2.46. The Morgan fingerprint density at radius 2 is 2.13 bits per heavy atom. The maximum atomic E-state index is 15.2. The third kappa shape index (κ3) is 2.98. The molecule has 6 nitrogen and oxygen atoms in total. The SMILES string of the molecule is Cc1noc(C2(F)CCCN(S(=O)(=O)c3ccccc3Cl)C2)n1. The zero-order chi connectivity index (χ0) is 16.7. The van der Waals surface area contributed by atoms with Crippen molar-refractivity contribution in [1.82, 2.24) is 14.4 Å². The molecule has 2 aromatic rings. The maximum absolute atomic E-state index is 15.2. The molecule has 23 heavy (non-hydrogen) atoms. The van der Waals surface area contributed by atoms with Gasteiger partial charge in [0.05, 0.1) is 11.6 Å². The summed E-state index contributed by atoms with van der Waals surface area (Å²) in [5.41, 5.74) is -1.99. The first-order valence-electron chi connectivity index (χ1n) is 7.07. The molecule has 0 bridgehead atoms. The highest BCUT2D eigenvalue weighted by molar-refractivity contribution is 7.89. The Balaban J connectivity index is 1.93. The largest absolute Gasteiger partial charge is 0.336 e. The Kier molecular flexibility index (Phi) is 4.16. The Bertz CT molecular complexity index is 826. The van der Waals surface area contributed by atoms with Crippen LogP contribution in [-0.2, 0) is 15.7 Å². The number of hydrogen-bond donors (Lipinski definition) is 0. The lowest BCUT2D eigenvalue weighted by atomic mass is 9.96. The van der Waals surface area contributed by atoms with Gasteiger partial charge in [-0.3, -0.25) is 0 Å². The molecule has 0 N–H and O–H groups in total. The van der Waals surface area contributed by atoms with E-state index in [0.717, 1.165) is 4.31 Å². The number of alkyl halides is 1. The highest BCUT2D eigenvalue weighted by Crippen LogP contribution is 2.37. The number of aryl methyl sites for hydroxylation is 1. The molecule has 1 aromatic heterocycles. The number of hydrogen-bond acceptors (Lipinski definition) is 5. The first-order chi connectivity index (χ1) is 10.8. The normalized spacial score (nSPS) is 23.1. The van der Waals surface area contributed by atoms with E-state index in [4.69, 9.17) is 16.1 Å². The van der Waals surface area contributed by atoms with Gasteiger partial charge >= 0.3 is 0 Å². The van der Waals surface area contributed by atoms with Gasteiger partial charge in [0.1, 0.15) is 4.90 Å². The fourth-order valence-corrected chi connectivity index (χ4v) is 4.64. The van der Waals surface area contributed by atoms with E-state index >= 15 is 4.39 Å². The van der Waals surface area contributed by atoms with Gasteiger partial charge < -0.3 is 4.52 Å². The molecule has 1 saturated heterocycles. The topological polar surface area (TPSA) is 76.3 Å². The van der Waals surface area contributed by atoms with Crippen LogP contribution in [0.5, 0.6) is 0 Å². The van der Waals surface area contributed by atoms with Crippen LogP contribution in [0.3, 0.4) is 0 Å². The number of nitrogens with zero attached hydrogens (tertiary/aromatic N) is 3. The molecule has 0 aliphatic carbocycles. The molecule has 1 aliphatic heterocycles. The molecule has 1 fully saturated rings. The first kappa shape index (κ1) is 16.4. The van der Waals surface area contributed by atoms with Crippen LogP contribution < -0.4 is 0 Å². The van der Waals surface area contributed by atoms with Crippen molar-refractivity contribution in [3.8, 4) is 0 Å². The number of sulfonamides is 1. The van der Waals surface area contributed by atoms with Crippen LogP contribution in [0.15, 0.2) is 33.7 Å². The van der Waals surface area contributed by atoms with Crippen LogP contribution in [0.25, 0.3) is 0 Å². The van der Waals surface area contributed by atoms with Crippen LogP contribution in [0.1, 0.15) is 24.6 Å². The van der Waals surface area contributed by atoms with E-state index in [9.17, 15) is 8.42 Å². The predicted molar refractivity (Wildman–Crippen MR) is 81.3 cm³/mol. The second-order valence-corrected chi connectivity index (χ2v) is 7.80. The Labute approximate surface area is 138 Å². The molecule has 0 radical (unpaired) electrons. The summed E-state index contributed by atoms with van der Waals surface area (Å²) >= 11 is 5.98. The predicted octanol–water partition coefficient (Wildman–Crippen LogP) is 2.68. The minimum atomic E-state index is -3.89. The third-order valence-electron chi connectivity index (χ3n) is 3.77. The molecule has 0 spiro atoms. The van der Waals surface area contributed by atoms with E-state index in [-0.39, 0.29) is 35.3 Å². The fraction of sp³-hybridized carbons (Fsp3) is 0.429. The van der Waals surface area contributed by atoms with E-state index in [1.807, 2.05) is 0 Å². The molecular weight excluding hydrogens is 345 g/mol. The lowest BCUT2D eigenvalue weighted by Gasteiger charge is -2.34. The van der Waals surface area contributed by atoms with E-state index in [1.165, 1.54) is 12.1 Å². The molecule has 9 heteroatoms. The van der Waals surface area contributed by atoms with Crippen molar-refractivity contribution in [2.45, 2.75) is 30.3 Å². The molecule has 1 aliphatic rings. The standard InChI is InChI=1S/C14H15ClFN3O3S/c1-10-17-13(22-18-10)14(16)7-4-8-19(9-14)23(20,21)12-6-3-2-5-11(12)15/h2-3,5-6H,4,7-9H2,1H3. The fourth-order valence-electron chi connectivity index (χ4n) is 2.63. The first-order valence-corrected chi connectivity index (χ1v) is 8.89. The molecule has 1 atom stereocenters. The van der Waals surface area contributed by atoms with Gasteiger partial charge in [0.2, 0.25) is 15.7 Å². The monoisotopic (exact) mass is 359 g/mol. The minimum Gasteiger partial charge on any atom is -0.336 e. The van der Waals surface area contributed by atoms with E-state index in [1.54, 1.807) is 19.1 Å². The summed E-state index contributed by atoms with van der Waals surface area (Å²) in [5, 5.41) is 3.69. The van der Waals surface area contributed by atoms with Crippen molar-refractivity contribution in [2.75, 3.05) is 13.1 Å². The highest BCUT2D eigenvalue weighted by Gasteiger charge is 2.46. The average molecular weight is 360 g/mol. The van der Waals surface area contributed by atoms with Gasteiger partial charge in [-0.15, -0.1) is 0 Å². The van der Waals surface area contributed by atoms with Crippen molar-refractivity contribution in [1.29, 1.82) is 0 Å². The summed E-state index contributed by atoms with van der Waals surface area (Å²) in [7, 11) is -3.89. The molecule has 0 amide bonds. The van der Waals surface area contributed by atoms with Gasteiger partial charge in [-0.2, -0.15) is 9.29 Å². The molecule has 124 valence electrons. The molecule has 3 rings (SSSR count). The van der Waals surface area contributed by atoms with Gasteiger partial charge in [0, 0.05) is 6.54 Å². The highest BCUT2D eigenvalue weighted by atomic mass is 35.5. The third-order valence-corrected chi connectivity index (χ3v) is 6.12. The van der Waals surface area contributed by atoms with E-state index in [2.05, 4.69) is 10.1 Å². The van der Waals surface area contributed by atoms with Crippen LogP contribution in [-0.4, -0.2) is 36.0 Å². The van der Waals surface area contributed by atoms with Crippen molar-refractivity contribution < 1.29 is 17.3 Å². The van der Waals surface area contributed by atoms with Crippen molar-refractivity contribution in [3.63, 3.8) is 0 Å². The number of rotatable bonds is 3. The second kappa shape index (κ2) is 5.85. The van der Waals surface area contributed by atoms with Crippen LogP contribution in [0.2, 0.25) is 5.02 Å². The molecular formula is C14H15ClFN3O3S. The van der Waals surface area contributed by atoms with Gasteiger partial charge in [0.25, 0.3) is 5.89 Å². The van der Waals surface area contributed by atoms with Crippen molar-refractivity contribution in [3.05, 3.63) is 41.0 Å². The zero-order valence-corrected chi connectivity index (χ0v) is 13.9. The molecule has 0 saturated carbocycles. The van der Waals surface area contributed by atoms with Crippen molar-refractivity contribution >= 4 is 21.6 Å². The smallest absolute Gasteiger partial charge is 0.265 e. The van der Waals surface area contributed by atoms with E-state index in [0.29, 0.717) is 12.2 Å². The van der Waals surface area contributed by atoms with Crippen LogP contribution in [0.4, 0.5) is 4.39 Å². The van der Waals surface area contributed by atoms with Gasteiger partial charge in [-0.25, -0.2) is 12.8 Å². The Hall–Kier alpha value is -1.51. The number of aromatic nitrogens is 2. The summed E-state index contributed by atoms with van der Waals surface area (Å²) < 4.78 is 46.7. The number of halogens is 2. The summed E-state index contributed by atoms with van der Waals surface area (Å²) in [4.78, 5) is 3.88. The molecule has 1 unspecified atom stereocenters. The van der Waals surface area contributed by atoms with Crippen molar-refractivity contribution in [2.24, 2.45) is 0 Å². The van der Waals surface area contributed by atoms with Gasteiger partial charge in [-0.05, 0) is 31.9 Å². The van der Waals surface area contributed by atoms with Crippen LogP contribution >= 0.6 is 11.6 Å². The number of benzene rings is 1.